The van der Waals surface area contributed by atoms with Crippen molar-refractivity contribution in [3.05, 3.63) is 66.1 Å². The molecule has 0 bridgehead atoms. The summed E-state index contributed by atoms with van der Waals surface area (Å²) in [4.78, 5) is 7.42. The summed E-state index contributed by atoms with van der Waals surface area (Å²) >= 11 is 0. The summed E-state index contributed by atoms with van der Waals surface area (Å²) in [5.41, 5.74) is 6.78. The molecule has 0 fully saturated rings. The first kappa shape index (κ1) is 11.6. The number of anilines is 1. The van der Waals surface area contributed by atoms with Crippen molar-refractivity contribution < 1.29 is 0 Å². The molecule has 4 nitrogen and oxygen atoms in total. The summed E-state index contributed by atoms with van der Waals surface area (Å²) in [7, 11) is 0. The zero-order valence-corrected chi connectivity index (χ0v) is 10.7. The van der Waals surface area contributed by atoms with Crippen LogP contribution in [-0.4, -0.2) is 16.3 Å². The van der Waals surface area contributed by atoms with Gasteiger partial charge < -0.3 is 4.98 Å². The van der Waals surface area contributed by atoms with Gasteiger partial charge in [0.1, 0.15) is 12.4 Å². The molecule has 2 N–H and O–H groups in total. The summed E-state index contributed by atoms with van der Waals surface area (Å²) in [6.07, 6.45) is 7.60. The number of aliphatic imine (C=N–C) groups is 1. The minimum absolute atomic E-state index is 0.119. The molecule has 0 amide bonds. The minimum atomic E-state index is 0.119. The van der Waals surface area contributed by atoms with E-state index < -0.39 is 0 Å². The minimum Gasteiger partial charge on any atom is -0.363 e. The lowest BCUT2D eigenvalue weighted by Crippen LogP contribution is -2.33. The molecule has 1 aliphatic heterocycles. The fourth-order valence-corrected chi connectivity index (χ4v) is 2.15. The van der Waals surface area contributed by atoms with Crippen molar-refractivity contribution in [2.45, 2.75) is 13.0 Å². The van der Waals surface area contributed by atoms with E-state index in [4.69, 9.17) is 0 Å². The Bertz CT molecular complexity index is 598. The van der Waals surface area contributed by atoms with Gasteiger partial charge in [0, 0.05) is 18.1 Å². The third-order valence-corrected chi connectivity index (χ3v) is 3.06. The van der Waals surface area contributed by atoms with Crippen LogP contribution in [0.15, 0.2) is 59.9 Å². The third-order valence-electron chi connectivity index (χ3n) is 3.06. The molecule has 19 heavy (non-hydrogen) atoms. The maximum atomic E-state index is 4.18. The van der Waals surface area contributed by atoms with Crippen LogP contribution >= 0.6 is 0 Å². The Morgan fingerprint density at radius 1 is 1.26 bits per heavy atom. The van der Waals surface area contributed by atoms with Crippen molar-refractivity contribution in [3.63, 3.8) is 0 Å². The average molecular weight is 252 g/mol. The number of nitrogens with zero attached hydrogens (tertiary/aromatic N) is 2. The molecule has 4 heteroatoms. The van der Waals surface area contributed by atoms with E-state index in [-0.39, 0.29) is 6.04 Å². The zero-order valence-electron chi connectivity index (χ0n) is 10.7. The number of H-pyrrole nitrogens is 1. The van der Waals surface area contributed by atoms with Gasteiger partial charge in [-0.3, -0.25) is 10.4 Å². The smallest absolute Gasteiger partial charge is 0.111 e. The van der Waals surface area contributed by atoms with Crippen molar-refractivity contribution in [2.75, 3.05) is 5.43 Å². The quantitative estimate of drug-likeness (QED) is 0.880. The van der Waals surface area contributed by atoms with Crippen LogP contribution < -0.4 is 5.43 Å². The van der Waals surface area contributed by atoms with Gasteiger partial charge in [-0.25, -0.2) is 4.99 Å². The van der Waals surface area contributed by atoms with Crippen molar-refractivity contribution >= 4 is 12.0 Å². The second-order valence-corrected chi connectivity index (χ2v) is 4.56. The van der Waals surface area contributed by atoms with Crippen LogP contribution in [0.25, 0.3) is 0 Å². The number of hydrogen-bond acceptors (Lipinski definition) is 3. The topological polar surface area (TPSA) is 43.4 Å². The maximum absolute atomic E-state index is 4.18. The first-order valence-electron chi connectivity index (χ1n) is 6.28. The molecule has 2 heterocycles. The molecule has 1 aromatic heterocycles. The van der Waals surface area contributed by atoms with Gasteiger partial charge in [-0.05, 0) is 42.8 Å². The Balaban J connectivity index is 1.82. The number of aromatic nitrogens is 1. The van der Waals surface area contributed by atoms with Gasteiger partial charge in [-0.2, -0.15) is 0 Å². The van der Waals surface area contributed by atoms with E-state index in [0.717, 1.165) is 11.4 Å². The Kier molecular flexibility index (Phi) is 3.06. The molecular formula is C15H16N4. The Morgan fingerprint density at radius 3 is 3.00 bits per heavy atom. The molecule has 0 spiro atoms. The molecule has 1 unspecified atom stereocenters. The highest BCUT2D eigenvalue weighted by molar-refractivity contribution is 5.62. The molecule has 1 aromatic carbocycles. The number of hydrazine groups is 1. The number of rotatable bonds is 3. The fraction of sp³-hybridized carbons (Fsp3) is 0.133. The highest BCUT2D eigenvalue weighted by Gasteiger charge is 2.18. The summed E-state index contributed by atoms with van der Waals surface area (Å²) in [5, 5.41) is 1.99. The summed E-state index contributed by atoms with van der Waals surface area (Å²) in [5.74, 6) is 0. The molecule has 2 aromatic rings. The second-order valence-electron chi connectivity index (χ2n) is 4.56. The van der Waals surface area contributed by atoms with Crippen LogP contribution in [-0.2, 0) is 0 Å². The highest BCUT2D eigenvalue weighted by atomic mass is 15.5. The van der Waals surface area contributed by atoms with Crippen molar-refractivity contribution in [2.24, 2.45) is 4.99 Å². The second kappa shape index (κ2) is 5.02. The number of hydrogen-bond donors (Lipinski definition) is 2. The van der Waals surface area contributed by atoms with E-state index in [9.17, 15) is 0 Å². The number of aryl methyl sites for hydroxylation is 1. The van der Waals surface area contributed by atoms with Gasteiger partial charge in [0.2, 0.25) is 0 Å². The van der Waals surface area contributed by atoms with Gasteiger partial charge in [0.15, 0.2) is 0 Å². The predicted molar refractivity (Wildman–Crippen MR) is 77.8 cm³/mol. The van der Waals surface area contributed by atoms with E-state index in [2.05, 4.69) is 46.6 Å². The van der Waals surface area contributed by atoms with Crippen molar-refractivity contribution in [1.29, 1.82) is 0 Å². The average Bonchev–Trinajstić information content (AvgIpc) is 2.93. The van der Waals surface area contributed by atoms with Crippen LogP contribution in [0.1, 0.15) is 17.3 Å². The Hall–Kier alpha value is -2.49. The molecule has 0 saturated heterocycles. The summed E-state index contributed by atoms with van der Waals surface area (Å²) in [6.45, 7) is 2.08. The van der Waals surface area contributed by atoms with Gasteiger partial charge >= 0.3 is 0 Å². The molecule has 3 rings (SSSR count). The predicted octanol–water partition coefficient (Wildman–Crippen LogP) is 3.25. The van der Waals surface area contributed by atoms with Gasteiger partial charge in [-0.1, -0.05) is 12.1 Å². The standard InChI is InChI=1S/C15H16N4/c1-12-4-2-5-13(10-12)18-19-11-16-9-7-15(19)14-6-3-8-17-14/h2-11,15,17-18H,1H3. The van der Waals surface area contributed by atoms with Crippen LogP contribution in [0.4, 0.5) is 5.69 Å². The van der Waals surface area contributed by atoms with E-state index in [1.165, 1.54) is 5.56 Å². The fourth-order valence-electron chi connectivity index (χ4n) is 2.15. The first-order chi connectivity index (χ1) is 9.33. The molecule has 1 atom stereocenters. The van der Waals surface area contributed by atoms with E-state index in [0.29, 0.717) is 0 Å². The normalized spacial score (nSPS) is 17.7. The Labute approximate surface area is 112 Å². The van der Waals surface area contributed by atoms with Gasteiger partial charge in [0.05, 0.1) is 5.69 Å². The molecule has 96 valence electrons. The van der Waals surface area contributed by atoms with E-state index in [1.807, 2.05) is 35.6 Å². The van der Waals surface area contributed by atoms with E-state index >= 15 is 0 Å². The molecule has 0 radical (unpaired) electrons. The molecule has 0 aliphatic carbocycles. The van der Waals surface area contributed by atoms with Gasteiger partial charge in [0.25, 0.3) is 0 Å². The third kappa shape index (κ3) is 2.52. The molecule has 1 aliphatic rings. The number of nitrogens with one attached hydrogen (secondary N) is 2. The van der Waals surface area contributed by atoms with Crippen LogP contribution in [0.3, 0.4) is 0 Å². The highest BCUT2D eigenvalue weighted by Crippen LogP contribution is 2.23. The summed E-state index contributed by atoms with van der Waals surface area (Å²) in [6, 6.07) is 12.5. The monoisotopic (exact) mass is 252 g/mol. The molecule has 0 saturated carbocycles. The van der Waals surface area contributed by atoms with Crippen molar-refractivity contribution in [3.8, 4) is 0 Å². The Morgan fingerprint density at radius 2 is 2.21 bits per heavy atom. The molecular weight excluding hydrogens is 236 g/mol. The van der Waals surface area contributed by atoms with Gasteiger partial charge in [-0.15, -0.1) is 0 Å². The maximum Gasteiger partial charge on any atom is 0.111 e. The first-order valence-corrected chi connectivity index (χ1v) is 6.28. The lowest BCUT2D eigenvalue weighted by atomic mass is 10.2. The van der Waals surface area contributed by atoms with Crippen LogP contribution in [0.5, 0.6) is 0 Å². The van der Waals surface area contributed by atoms with Crippen LogP contribution in [0, 0.1) is 6.92 Å². The van der Waals surface area contributed by atoms with E-state index in [1.54, 1.807) is 6.34 Å². The van der Waals surface area contributed by atoms with Crippen LogP contribution in [0.2, 0.25) is 0 Å². The summed E-state index contributed by atoms with van der Waals surface area (Å²) < 4.78 is 0. The largest absolute Gasteiger partial charge is 0.363 e. The van der Waals surface area contributed by atoms with Crippen molar-refractivity contribution in [1.82, 2.24) is 9.99 Å². The number of aromatic amines is 1. The SMILES string of the molecule is Cc1cccc(NN2C=NC=CC2c2ccc[nH]2)c1. The number of benzene rings is 1. The lowest BCUT2D eigenvalue weighted by molar-refractivity contribution is 0.431. The zero-order chi connectivity index (χ0) is 13.1. The lowest BCUT2D eigenvalue weighted by Gasteiger charge is -2.30.